The smallest absolute Gasteiger partial charge is 0.259 e. The second kappa shape index (κ2) is 5.65. The van der Waals surface area contributed by atoms with E-state index in [-0.39, 0.29) is 17.2 Å². The molecule has 2 rings (SSSR count). The molecule has 4 heteroatoms. The van der Waals surface area contributed by atoms with E-state index in [2.05, 4.69) is 19.2 Å². The molecule has 2 aromatic rings. The van der Waals surface area contributed by atoms with Crippen LogP contribution in [0, 0.1) is 0 Å². The number of hydrogen-bond donors (Lipinski definition) is 3. The minimum absolute atomic E-state index is 0.0875. The fraction of sp³-hybridized carbons (Fsp3) is 0.188. The first kappa shape index (κ1) is 13.9. The highest BCUT2D eigenvalue weighted by molar-refractivity contribution is 6.06. The summed E-state index contributed by atoms with van der Waals surface area (Å²) in [5.41, 5.74) is 8.10. The molecule has 1 amide bonds. The monoisotopic (exact) mass is 270 g/mol. The fourth-order valence-corrected chi connectivity index (χ4v) is 1.89. The molecule has 0 aromatic heterocycles. The Morgan fingerprint density at radius 2 is 1.80 bits per heavy atom. The van der Waals surface area contributed by atoms with E-state index in [1.165, 1.54) is 17.7 Å². The molecule has 0 saturated heterocycles. The second-order valence-corrected chi connectivity index (χ2v) is 5.01. The Morgan fingerprint density at radius 3 is 2.40 bits per heavy atom. The van der Waals surface area contributed by atoms with Crippen LogP contribution in [-0.4, -0.2) is 11.0 Å². The van der Waals surface area contributed by atoms with Crippen molar-refractivity contribution in [2.75, 3.05) is 11.1 Å². The van der Waals surface area contributed by atoms with E-state index in [0.717, 1.165) is 0 Å². The van der Waals surface area contributed by atoms with Crippen molar-refractivity contribution < 1.29 is 9.90 Å². The van der Waals surface area contributed by atoms with Gasteiger partial charge in [0.25, 0.3) is 5.91 Å². The molecule has 0 fully saturated rings. The zero-order valence-corrected chi connectivity index (χ0v) is 11.6. The van der Waals surface area contributed by atoms with Gasteiger partial charge in [0.2, 0.25) is 0 Å². The summed E-state index contributed by atoms with van der Waals surface area (Å²) < 4.78 is 0. The lowest BCUT2D eigenvalue weighted by molar-refractivity contribution is 0.102. The Kier molecular flexibility index (Phi) is 3.94. The summed E-state index contributed by atoms with van der Waals surface area (Å²) in [6, 6.07) is 12.0. The Hall–Kier alpha value is -2.49. The molecule has 0 aliphatic heterocycles. The van der Waals surface area contributed by atoms with Gasteiger partial charge in [0.1, 0.15) is 5.75 Å². The zero-order chi connectivity index (χ0) is 14.7. The zero-order valence-electron chi connectivity index (χ0n) is 11.6. The number of aromatic hydroxyl groups is 1. The van der Waals surface area contributed by atoms with Crippen molar-refractivity contribution in [1.29, 1.82) is 0 Å². The van der Waals surface area contributed by atoms with Crippen LogP contribution in [0.1, 0.15) is 35.7 Å². The van der Waals surface area contributed by atoms with Crippen LogP contribution in [-0.2, 0) is 0 Å². The molecule has 0 spiro atoms. The molecule has 0 aliphatic carbocycles. The fourth-order valence-electron chi connectivity index (χ4n) is 1.89. The van der Waals surface area contributed by atoms with Gasteiger partial charge in [-0.3, -0.25) is 4.79 Å². The molecule has 104 valence electrons. The Bertz CT molecular complexity index is 619. The molecule has 0 saturated carbocycles. The average Bonchev–Trinajstić information content (AvgIpc) is 2.42. The first-order valence-corrected chi connectivity index (χ1v) is 6.47. The third kappa shape index (κ3) is 3.09. The summed E-state index contributed by atoms with van der Waals surface area (Å²) in [7, 11) is 0. The van der Waals surface area contributed by atoms with Crippen LogP contribution in [0.3, 0.4) is 0 Å². The molecule has 2 aromatic carbocycles. The third-order valence-corrected chi connectivity index (χ3v) is 3.10. The van der Waals surface area contributed by atoms with Gasteiger partial charge in [-0.25, -0.2) is 0 Å². The van der Waals surface area contributed by atoms with E-state index >= 15 is 0 Å². The minimum atomic E-state index is -0.382. The number of nitrogens with two attached hydrogens (primary N) is 1. The number of carbonyl (C=O) groups is 1. The lowest BCUT2D eigenvalue weighted by Gasteiger charge is -2.09. The molecular weight excluding hydrogens is 252 g/mol. The molecule has 0 bridgehead atoms. The van der Waals surface area contributed by atoms with Crippen LogP contribution in [0.4, 0.5) is 11.4 Å². The van der Waals surface area contributed by atoms with Crippen LogP contribution in [0.5, 0.6) is 5.75 Å². The number of phenols is 1. The first-order valence-electron chi connectivity index (χ1n) is 6.47. The normalized spacial score (nSPS) is 10.6. The van der Waals surface area contributed by atoms with Crippen molar-refractivity contribution in [2.24, 2.45) is 0 Å². The van der Waals surface area contributed by atoms with E-state index < -0.39 is 0 Å². The average molecular weight is 270 g/mol. The van der Waals surface area contributed by atoms with Gasteiger partial charge in [-0.1, -0.05) is 26.0 Å². The number of rotatable bonds is 3. The Balaban J connectivity index is 2.17. The molecule has 0 aliphatic rings. The SMILES string of the molecule is CC(C)c1ccc(NC(=O)c2cc(N)ccc2O)cc1. The number of anilines is 2. The lowest BCUT2D eigenvalue weighted by Crippen LogP contribution is -2.12. The van der Waals surface area contributed by atoms with Crippen molar-refractivity contribution in [3.8, 4) is 5.75 Å². The maximum atomic E-state index is 12.1. The van der Waals surface area contributed by atoms with Gasteiger partial charge >= 0.3 is 0 Å². The van der Waals surface area contributed by atoms with Crippen molar-refractivity contribution in [1.82, 2.24) is 0 Å². The van der Waals surface area contributed by atoms with Crippen LogP contribution >= 0.6 is 0 Å². The highest BCUT2D eigenvalue weighted by atomic mass is 16.3. The van der Waals surface area contributed by atoms with Gasteiger partial charge in [-0.2, -0.15) is 0 Å². The van der Waals surface area contributed by atoms with Gasteiger partial charge in [0, 0.05) is 11.4 Å². The van der Waals surface area contributed by atoms with E-state index in [4.69, 9.17) is 5.73 Å². The molecule has 0 heterocycles. The van der Waals surface area contributed by atoms with Gasteiger partial charge in [-0.05, 0) is 41.8 Å². The largest absolute Gasteiger partial charge is 0.507 e. The molecule has 0 radical (unpaired) electrons. The highest BCUT2D eigenvalue weighted by Gasteiger charge is 2.11. The van der Waals surface area contributed by atoms with Gasteiger partial charge < -0.3 is 16.2 Å². The number of phenolic OH excluding ortho intramolecular Hbond substituents is 1. The van der Waals surface area contributed by atoms with E-state index in [0.29, 0.717) is 17.3 Å². The van der Waals surface area contributed by atoms with Gasteiger partial charge in [-0.15, -0.1) is 0 Å². The molecule has 4 N–H and O–H groups in total. The summed E-state index contributed by atoms with van der Waals surface area (Å²) in [5, 5.41) is 12.4. The standard InChI is InChI=1S/C16H18N2O2/c1-10(2)11-3-6-13(7-4-11)18-16(20)14-9-12(17)5-8-15(14)19/h3-10,19H,17H2,1-2H3,(H,18,20). The van der Waals surface area contributed by atoms with Crippen molar-refractivity contribution in [3.05, 3.63) is 53.6 Å². The number of benzene rings is 2. The summed E-state index contributed by atoms with van der Waals surface area (Å²) in [5.74, 6) is -0.0275. The van der Waals surface area contributed by atoms with Crippen LogP contribution in [0.25, 0.3) is 0 Å². The van der Waals surface area contributed by atoms with Gasteiger partial charge in [0.15, 0.2) is 0 Å². The van der Waals surface area contributed by atoms with E-state index in [1.807, 2.05) is 24.3 Å². The highest BCUT2D eigenvalue weighted by Crippen LogP contribution is 2.22. The van der Waals surface area contributed by atoms with Crippen molar-refractivity contribution in [3.63, 3.8) is 0 Å². The maximum absolute atomic E-state index is 12.1. The number of hydrogen-bond acceptors (Lipinski definition) is 3. The molecule has 0 atom stereocenters. The number of amides is 1. The summed E-state index contributed by atoms with van der Waals surface area (Å²) in [6.07, 6.45) is 0. The Morgan fingerprint density at radius 1 is 1.15 bits per heavy atom. The van der Waals surface area contributed by atoms with E-state index in [9.17, 15) is 9.90 Å². The lowest BCUT2D eigenvalue weighted by atomic mass is 10.0. The topological polar surface area (TPSA) is 75.4 Å². The number of nitrogens with one attached hydrogen (secondary N) is 1. The third-order valence-electron chi connectivity index (χ3n) is 3.10. The van der Waals surface area contributed by atoms with Gasteiger partial charge in [0.05, 0.1) is 5.56 Å². The van der Waals surface area contributed by atoms with Crippen LogP contribution in [0.15, 0.2) is 42.5 Å². The number of carbonyl (C=O) groups excluding carboxylic acids is 1. The molecular formula is C16H18N2O2. The van der Waals surface area contributed by atoms with Crippen molar-refractivity contribution >= 4 is 17.3 Å². The summed E-state index contributed by atoms with van der Waals surface area (Å²) in [4.78, 5) is 12.1. The van der Waals surface area contributed by atoms with Crippen molar-refractivity contribution in [2.45, 2.75) is 19.8 Å². The first-order chi connectivity index (χ1) is 9.47. The van der Waals surface area contributed by atoms with Crippen LogP contribution < -0.4 is 11.1 Å². The molecule has 20 heavy (non-hydrogen) atoms. The van der Waals surface area contributed by atoms with E-state index in [1.54, 1.807) is 6.07 Å². The minimum Gasteiger partial charge on any atom is -0.507 e. The Labute approximate surface area is 118 Å². The summed E-state index contributed by atoms with van der Waals surface area (Å²) >= 11 is 0. The van der Waals surface area contributed by atoms with Crippen LogP contribution in [0.2, 0.25) is 0 Å². The predicted octanol–water partition coefficient (Wildman–Crippen LogP) is 3.35. The molecule has 4 nitrogen and oxygen atoms in total. The molecule has 0 unspecified atom stereocenters. The number of nitrogen functional groups attached to an aromatic ring is 1. The summed E-state index contributed by atoms with van der Waals surface area (Å²) in [6.45, 7) is 4.22. The quantitative estimate of drug-likeness (QED) is 0.591. The predicted molar refractivity (Wildman–Crippen MR) is 81.0 cm³/mol. The maximum Gasteiger partial charge on any atom is 0.259 e. The second-order valence-electron chi connectivity index (χ2n) is 5.01.